The summed E-state index contributed by atoms with van der Waals surface area (Å²) in [6.07, 6.45) is 0. The van der Waals surface area contributed by atoms with Gasteiger partial charge in [0.05, 0.1) is 22.2 Å². The molecule has 2 heterocycles. The number of nitrogens with zero attached hydrogens (tertiary/aromatic N) is 1. The van der Waals surface area contributed by atoms with Crippen LogP contribution in [0.15, 0.2) is 32.8 Å². The van der Waals surface area contributed by atoms with Gasteiger partial charge < -0.3 is 10.3 Å². The zero-order valence-corrected chi connectivity index (χ0v) is 12.8. The minimum atomic E-state index is -0.595. The molecule has 0 unspecified atom stereocenters. The summed E-state index contributed by atoms with van der Waals surface area (Å²) >= 11 is 4.21. The lowest BCUT2D eigenvalue weighted by Gasteiger charge is -2.08. The molecule has 0 atom stereocenters. The summed E-state index contributed by atoms with van der Waals surface area (Å²) in [6.45, 7) is 0.0824. The molecular formula is C13H8BrF2N3OS. The van der Waals surface area contributed by atoms with Crippen molar-refractivity contribution in [2.45, 2.75) is 6.54 Å². The molecule has 8 heteroatoms. The molecule has 21 heavy (non-hydrogen) atoms. The third-order valence-electron chi connectivity index (χ3n) is 2.82. The van der Waals surface area contributed by atoms with E-state index in [0.717, 1.165) is 12.1 Å². The predicted octanol–water partition coefficient (Wildman–Crippen LogP) is 3.64. The smallest absolute Gasteiger partial charge is 0.268 e. The first kappa shape index (κ1) is 14.2. The molecule has 3 rings (SSSR count). The van der Waals surface area contributed by atoms with Crippen LogP contribution in [0.3, 0.4) is 0 Å². The Balaban J connectivity index is 1.86. The van der Waals surface area contributed by atoms with E-state index in [0.29, 0.717) is 16.0 Å². The monoisotopic (exact) mass is 371 g/mol. The highest BCUT2D eigenvalue weighted by Crippen LogP contribution is 2.23. The summed E-state index contributed by atoms with van der Waals surface area (Å²) in [5.41, 5.74) is 0.348. The number of nitrogens with one attached hydrogen (secondary N) is 2. The summed E-state index contributed by atoms with van der Waals surface area (Å²) in [5.74, 6) is -0.815. The molecule has 3 aromatic rings. The summed E-state index contributed by atoms with van der Waals surface area (Å²) in [6, 6.07) is 3.81. The quantitative estimate of drug-likeness (QED) is 0.691. The van der Waals surface area contributed by atoms with Gasteiger partial charge in [0.1, 0.15) is 22.2 Å². The number of thiophene rings is 1. The van der Waals surface area contributed by atoms with E-state index in [-0.39, 0.29) is 22.3 Å². The van der Waals surface area contributed by atoms with E-state index in [1.807, 2.05) is 0 Å². The van der Waals surface area contributed by atoms with Crippen LogP contribution >= 0.6 is 27.3 Å². The van der Waals surface area contributed by atoms with Crippen LogP contribution in [0, 0.1) is 11.6 Å². The number of aromatic amines is 1. The van der Waals surface area contributed by atoms with Gasteiger partial charge in [-0.3, -0.25) is 4.79 Å². The van der Waals surface area contributed by atoms with Crippen LogP contribution in [0.5, 0.6) is 0 Å². The molecule has 0 saturated heterocycles. The van der Waals surface area contributed by atoms with Crippen molar-refractivity contribution in [3.8, 4) is 0 Å². The Morgan fingerprint density at radius 3 is 2.95 bits per heavy atom. The van der Waals surface area contributed by atoms with Crippen molar-refractivity contribution in [1.29, 1.82) is 0 Å². The molecule has 0 spiro atoms. The van der Waals surface area contributed by atoms with Crippen molar-refractivity contribution in [2.75, 3.05) is 5.32 Å². The highest BCUT2D eigenvalue weighted by Gasteiger charge is 2.09. The molecule has 2 N–H and O–H groups in total. The van der Waals surface area contributed by atoms with Gasteiger partial charge in [0, 0.05) is 6.07 Å². The Morgan fingerprint density at radius 1 is 1.33 bits per heavy atom. The molecule has 2 aromatic heterocycles. The highest BCUT2D eigenvalue weighted by molar-refractivity contribution is 9.10. The van der Waals surface area contributed by atoms with Gasteiger partial charge in [0.15, 0.2) is 0 Å². The Hall–Kier alpha value is -1.80. The lowest BCUT2D eigenvalue weighted by atomic mass is 10.3. The van der Waals surface area contributed by atoms with Crippen LogP contribution in [0.4, 0.5) is 14.5 Å². The van der Waals surface area contributed by atoms with E-state index in [9.17, 15) is 13.6 Å². The van der Waals surface area contributed by atoms with E-state index in [2.05, 4.69) is 31.2 Å². The van der Waals surface area contributed by atoms with Crippen LogP contribution in [-0.2, 0) is 6.54 Å². The average molecular weight is 372 g/mol. The Morgan fingerprint density at radius 2 is 2.14 bits per heavy atom. The van der Waals surface area contributed by atoms with Crippen molar-refractivity contribution < 1.29 is 8.78 Å². The van der Waals surface area contributed by atoms with E-state index >= 15 is 0 Å². The van der Waals surface area contributed by atoms with Gasteiger partial charge >= 0.3 is 0 Å². The van der Waals surface area contributed by atoms with Gasteiger partial charge in [-0.25, -0.2) is 13.8 Å². The number of anilines is 1. The Bertz CT molecular complexity index is 877. The normalized spacial score (nSPS) is 11.0. The molecule has 0 fully saturated rings. The molecule has 0 bridgehead atoms. The standard InChI is InChI=1S/C13H8BrF2N3OS/c14-6-3-8(16)10(4-7(6)15)17-5-11-18-9-1-2-21-12(9)13(20)19-11/h1-4,17H,5H2,(H,18,19,20). The van der Waals surface area contributed by atoms with Crippen molar-refractivity contribution in [1.82, 2.24) is 9.97 Å². The predicted molar refractivity (Wildman–Crippen MR) is 81.6 cm³/mol. The fourth-order valence-electron chi connectivity index (χ4n) is 1.84. The van der Waals surface area contributed by atoms with Crippen molar-refractivity contribution in [2.24, 2.45) is 0 Å². The topological polar surface area (TPSA) is 57.8 Å². The Labute approximate surface area is 130 Å². The summed E-state index contributed by atoms with van der Waals surface area (Å²) in [4.78, 5) is 18.6. The molecule has 0 aliphatic heterocycles. The van der Waals surface area contributed by atoms with Crippen LogP contribution in [0.2, 0.25) is 0 Å². The lowest BCUT2D eigenvalue weighted by Crippen LogP contribution is -2.13. The Kier molecular flexibility index (Phi) is 3.73. The molecule has 0 amide bonds. The third kappa shape index (κ3) is 2.81. The SMILES string of the molecule is O=c1[nH]c(CNc2cc(F)c(Br)cc2F)nc2ccsc12. The van der Waals surface area contributed by atoms with Gasteiger partial charge in [-0.05, 0) is 33.4 Å². The second kappa shape index (κ2) is 5.53. The number of hydrogen-bond acceptors (Lipinski definition) is 4. The van der Waals surface area contributed by atoms with Gasteiger partial charge in [0.2, 0.25) is 0 Å². The minimum Gasteiger partial charge on any atom is -0.375 e. The van der Waals surface area contributed by atoms with E-state index < -0.39 is 11.6 Å². The van der Waals surface area contributed by atoms with Gasteiger partial charge in [0.25, 0.3) is 5.56 Å². The zero-order chi connectivity index (χ0) is 15.0. The summed E-state index contributed by atoms with van der Waals surface area (Å²) < 4.78 is 27.7. The largest absolute Gasteiger partial charge is 0.375 e. The summed E-state index contributed by atoms with van der Waals surface area (Å²) in [7, 11) is 0. The minimum absolute atomic E-state index is 0.00349. The molecule has 1 aromatic carbocycles. The van der Waals surface area contributed by atoms with E-state index in [1.165, 1.54) is 11.3 Å². The van der Waals surface area contributed by atoms with Crippen molar-refractivity contribution >= 4 is 43.2 Å². The fraction of sp³-hybridized carbons (Fsp3) is 0.0769. The first-order valence-electron chi connectivity index (χ1n) is 5.89. The number of fused-ring (bicyclic) bond motifs is 1. The molecule has 4 nitrogen and oxygen atoms in total. The maximum Gasteiger partial charge on any atom is 0.268 e. The molecule has 0 aliphatic rings. The van der Waals surface area contributed by atoms with Crippen LogP contribution in [0.25, 0.3) is 10.2 Å². The van der Waals surface area contributed by atoms with E-state index in [1.54, 1.807) is 11.4 Å². The van der Waals surface area contributed by atoms with Crippen LogP contribution in [0.1, 0.15) is 5.82 Å². The third-order valence-corrected chi connectivity index (χ3v) is 4.33. The lowest BCUT2D eigenvalue weighted by molar-refractivity contribution is 0.596. The number of H-pyrrole nitrogens is 1. The van der Waals surface area contributed by atoms with Crippen LogP contribution in [-0.4, -0.2) is 9.97 Å². The molecule has 0 aliphatic carbocycles. The highest BCUT2D eigenvalue weighted by atomic mass is 79.9. The molecule has 108 valence electrons. The van der Waals surface area contributed by atoms with Crippen molar-refractivity contribution in [3.63, 3.8) is 0 Å². The number of rotatable bonds is 3. The number of aromatic nitrogens is 2. The van der Waals surface area contributed by atoms with Crippen LogP contribution < -0.4 is 10.9 Å². The summed E-state index contributed by atoms with van der Waals surface area (Å²) in [5, 5.41) is 4.49. The van der Waals surface area contributed by atoms with Gasteiger partial charge in [-0.2, -0.15) is 0 Å². The average Bonchev–Trinajstić information content (AvgIpc) is 2.90. The number of hydrogen-bond donors (Lipinski definition) is 2. The second-order valence-corrected chi connectivity index (χ2v) is 6.02. The fourth-order valence-corrected chi connectivity index (χ4v) is 2.88. The second-order valence-electron chi connectivity index (χ2n) is 4.25. The van der Waals surface area contributed by atoms with Crippen molar-refractivity contribution in [3.05, 3.63) is 55.9 Å². The first-order chi connectivity index (χ1) is 10.0. The molecule has 0 saturated carbocycles. The first-order valence-corrected chi connectivity index (χ1v) is 7.56. The van der Waals surface area contributed by atoms with E-state index in [4.69, 9.17) is 0 Å². The zero-order valence-electron chi connectivity index (χ0n) is 10.4. The number of halogens is 3. The van der Waals surface area contributed by atoms with Gasteiger partial charge in [-0.15, -0.1) is 11.3 Å². The van der Waals surface area contributed by atoms with Gasteiger partial charge in [-0.1, -0.05) is 0 Å². The molecular weight excluding hydrogens is 364 g/mol. The maximum absolute atomic E-state index is 13.7. The maximum atomic E-state index is 13.7. The molecule has 0 radical (unpaired) electrons. The number of benzene rings is 1.